The molecule has 2 aromatic carbocycles. The fourth-order valence-corrected chi connectivity index (χ4v) is 2.13. The van der Waals surface area contributed by atoms with E-state index in [-0.39, 0.29) is 0 Å². The highest BCUT2D eigenvalue weighted by Gasteiger charge is 2.07. The van der Waals surface area contributed by atoms with Crippen LogP contribution in [0.4, 0.5) is 0 Å². The maximum absolute atomic E-state index is 9.93. The summed E-state index contributed by atoms with van der Waals surface area (Å²) in [7, 11) is 0. The van der Waals surface area contributed by atoms with E-state index in [4.69, 9.17) is 4.74 Å². The van der Waals surface area contributed by atoms with Gasteiger partial charge in [-0.2, -0.15) is 0 Å². The first-order chi connectivity index (χ1) is 9.66. The Morgan fingerprint density at radius 3 is 2.65 bits per heavy atom. The highest BCUT2D eigenvalue weighted by atomic mass is 16.5. The van der Waals surface area contributed by atoms with Crippen molar-refractivity contribution in [2.24, 2.45) is 0 Å². The van der Waals surface area contributed by atoms with Gasteiger partial charge in [-0.15, -0.1) is 0 Å². The number of nitrogens with one attached hydrogen (secondary N) is 1. The van der Waals surface area contributed by atoms with Crippen LogP contribution in [0.1, 0.15) is 20.3 Å². The molecule has 1 unspecified atom stereocenters. The minimum Gasteiger partial charge on any atom is -0.490 e. The SMILES string of the molecule is CC(C)NCCC(O)COc1cccc2ccccc12. The maximum Gasteiger partial charge on any atom is 0.127 e. The molecule has 0 aromatic heterocycles. The molecule has 1 atom stereocenters. The number of ether oxygens (including phenoxy) is 1. The van der Waals surface area contributed by atoms with Crippen LogP contribution >= 0.6 is 0 Å². The smallest absolute Gasteiger partial charge is 0.127 e. The lowest BCUT2D eigenvalue weighted by Gasteiger charge is -2.15. The second-order valence-corrected chi connectivity index (χ2v) is 5.34. The Balaban J connectivity index is 1.89. The molecule has 3 nitrogen and oxygen atoms in total. The van der Waals surface area contributed by atoms with Crippen molar-refractivity contribution in [1.82, 2.24) is 5.32 Å². The average Bonchev–Trinajstić information content (AvgIpc) is 2.44. The zero-order valence-corrected chi connectivity index (χ0v) is 12.2. The van der Waals surface area contributed by atoms with Crippen LogP contribution in [0, 0.1) is 0 Å². The number of fused-ring (bicyclic) bond motifs is 1. The quantitative estimate of drug-likeness (QED) is 0.815. The van der Waals surface area contributed by atoms with Gasteiger partial charge in [0.25, 0.3) is 0 Å². The van der Waals surface area contributed by atoms with E-state index in [9.17, 15) is 5.11 Å². The standard InChI is InChI=1S/C17H23NO2/c1-13(2)18-11-10-15(19)12-20-17-9-5-7-14-6-3-4-8-16(14)17/h3-9,13,15,18-19H,10-12H2,1-2H3. The molecule has 2 rings (SSSR count). The first-order valence-corrected chi connectivity index (χ1v) is 7.19. The normalized spacial score (nSPS) is 12.8. The van der Waals surface area contributed by atoms with Gasteiger partial charge in [-0.05, 0) is 24.4 Å². The van der Waals surface area contributed by atoms with E-state index >= 15 is 0 Å². The van der Waals surface area contributed by atoms with Gasteiger partial charge in [0.1, 0.15) is 12.4 Å². The number of aliphatic hydroxyl groups is 1. The average molecular weight is 273 g/mol. The third kappa shape index (κ3) is 4.22. The lowest BCUT2D eigenvalue weighted by Crippen LogP contribution is -2.28. The van der Waals surface area contributed by atoms with Gasteiger partial charge < -0.3 is 15.2 Å². The minimum absolute atomic E-state index is 0.327. The van der Waals surface area contributed by atoms with Crippen molar-refractivity contribution in [3.05, 3.63) is 42.5 Å². The molecule has 0 aliphatic rings. The summed E-state index contributed by atoms with van der Waals surface area (Å²) in [6, 6.07) is 14.5. The second kappa shape index (κ2) is 7.27. The molecule has 0 radical (unpaired) electrons. The van der Waals surface area contributed by atoms with E-state index in [2.05, 4.69) is 31.3 Å². The molecule has 2 N–H and O–H groups in total. The van der Waals surface area contributed by atoms with E-state index < -0.39 is 6.10 Å². The van der Waals surface area contributed by atoms with Gasteiger partial charge in [-0.25, -0.2) is 0 Å². The Kier molecular flexibility index (Phi) is 5.39. The number of aliphatic hydroxyl groups excluding tert-OH is 1. The molecule has 0 spiro atoms. The Labute approximate surface area is 120 Å². The Bertz CT molecular complexity index is 534. The number of hydrogen-bond donors (Lipinski definition) is 2. The van der Waals surface area contributed by atoms with E-state index in [0.717, 1.165) is 23.1 Å². The number of rotatable bonds is 7. The monoisotopic (exact) mass is 273 g/mol. The molecule has 2 aromatic rings. The highest BCUT2D eigenvalue weighted by molar-refractivity contribution is 5.88. The molecule has 0 saturated carbocycles. The van der Waals surface area contributed by atoms with Crippen LogP contribution in [-0.4, -0.2) is 30.4 Å². The van der Waals surface area contributed by atoms with Crippen LogP contribution in [0.3, 0.4) is 0 Å². The zero-order chi connectivity index (χ0) is 14.4. The molecule has 0 aliphatic carbocycles. The van der Waals surface area contributed by atoms with Crippen molar-refractivity contribution in [1.29, 1.82) is 0 Å². The first kappa shape index (κ1) is 14.8. The summed E-state index contributed by atoms with van der Waals surface area (Å²) in [5, 5.41) is 15.5. The molecule has 0 aliphatic heterocycles. The molecular weight excluding hydrogens is 250 g/mol. The van der Waals surface area contributed by atoms with Gasteiger partial charge in [0.2, 0.25) is 0 Å². The van der Waals surface area contributed by atoms with Crippen LogP contribution in [0.15, 0.2) is 42.5 Å². The van der Waals surface area contributed by atoms with E-state index in [0.29, 0.717) is 19.1 Å². The number of benzene rings is 2. The topological polar surface area (TPSA) is 41.5 Å². The predicted octanol–water partition coefficient (Wildman–Crippen LogP) is 2.97. The van der Waals surface area contributed by atoms with Crippen LogP contribution < -0.4 is 10.1 Å². The van der Waals surface area contributed by atoms with Crippen molar-refractivity contribution < 1.29 is 9.84 Å². The lowest BCUT2D eigenvalue weighted by atomic mass is 10.1. The van der Waals surface area contributed by atoms with Crippen LogP contribution in [0.2, 0.25) is 0 Å². The van der Waals surface area contributed by atoms with E-state index in [1.165, 1.54) is 0 Å². The third-order valence-electron chi connectivity index (χ3n) is 3.21. The fraction of sp³-hybridized carbons (Fsp3) is 0.412. The molecule has 20 heavy (non-hydrogen) atoms. The molecule has 108 valence electrons. The van der Waals surface area contributed by atoms with Crippen molar-refractivity contribution in [2.45, 2.75) is 32.4 Å². The Morgan fingerprint density at radius 1 is 1.10 bits per heavy atom. The maximum atomic E-state index is 9.93. The summed E-state index contributed by atoms with van der Waals surface area (Å²) in [4.78, 5) is 0. The van der Waals surface area contributed by atoms with Crippen molar-refractivity contribution in [3.8, 4) is 5.75 Å². The molecule has 0 bridgehead atoms. The summed E-state index contributed by atoms with van der Waals surface area (Å²) in [5.41, 5.74) is 0. The van der Waals surface area contributed by atoms with Crippen LogP contribution in [0.25, 0.3) is 10.8 Å². The van der Waals surface area contributed by atoms with E-state index in [1.54, 1.807) is 0 Å². The zero-order valence-electron chi connectivity index (χ0n) is 12.2. The summed E-state index contributed by atoms with van der Waals surface area (Å²) >= 11 is 0. The van der Waals surface area contributed by atoms with E-state index in [1.807, 2.05) is 30.3 Å². The molecule has 0 heterocycles. The predicted molar refractivity (Wildman–Crippen MR) is 83.2 cm³/mol. The molecule has 3 heteroatoms. The van der Waals surface area contributed by atoms with Crippen molar-refractivity contribution >= 4 is 10.8 Å². The van der Waals surface area contributed by atoms with Gasteiger partial charge in [0.15, 0.2) is 0 Å². The summed E-state index contributed by atoms with van der Waals surface area (Å²) in [5.74, 6) is 0.832. The van der Waals surface area contributed by atoms with Crippen LogP contribution in [0.5, 0.6) is 5.75 Å². The Morgan fingerprint density at radius 2 is 1.85 bits per heavy atom. The van der Waals surface area contributed by atoms with Gasteiger partial charge >= 0.3 is 0 Å². The molecule has 0 amide bonds. The second-order valence-electron chi connectivity index (χ2n) is 5.34. The summed E-state index contributed by atoms with van der Waals surface area (Å²) in [6.45, 7) is 5.32. The minimum atomic E-state index is -0.444. The fourth-order valence-electron chi connectivity index (χ4n) is 2.13. The molecule has 0 fully saturated rings. The lowest BCUT2D eigenvalue weighted by molar-refractivity contribution is 0.100. The van der Waals surface area contributed by atoms with Crippen molar-refractivity contribution in [2.75, 3.05) is 13.2 Å². The third-order valence-corrected chi connectivity index (χ3v) is 3.21. The van der Waals surface area contributed by atoms with Gasteiger partial charge in [0.05, 0.1) is 6.10 Å². The largest absolute Gasteiger partial charge is 0.490 e. The number of hydrogen-bond acceptors (Lipinski definition) is 3. The summed E-state index contributed by atoms with van der Waals surface area (Å²) in [6.07, 6.45) is 0.253. The molecular formula is C17H23NO2. The van der Waals surface area contributed by atoms with Gasteiger partial charge in [0, 0.05) is 11.4 Å². The summed E-state index contributed by atoms with van der Waals surface area (Å²) < 4.78 is 5.76. The van der Waals surface area contributed by atoms with Gasteiger partial charge in [-0.1, -0.05) is 50.2 Å². The highest BCUT2D eigenvalue weighted by Crippen LogP contribution is 2.25. The first-order valence-electron chi connectivity index (χ1n) is 7.19. The Hall–Kier alpha value is -1.58. The van der Waals surface area contributed by atoms with Crippen LogP contribution in [-0.2, 0) is 0 Å². The van der Waals surface area contributed by atoms with Crippen molar-refractivity contribution in [3.63, 3.8) is 0 Å². The van der Waals surface area contributed by atoms with Gasteiger partial charge in [-0.3, -0.25) is 0 Å². The molecule has 0 saturated heterocycles.